The van der Waals surface area contributed by atoms with Crippen molar-refractivity contribution in [2.45, 2.75) is 12.8 Å². The van der Waals surface area contributed by atoms with Gasteiger partial charge in [0.05, 0.1) is 11.6 Å². The summed E-state index contributed by atoms with van der Waals surface area (Å²) in [5, 5.41) is 8.98. The molecule has 1 aliphatic heterocycles. The molecule has 1 aliphatic carbocycles. The number of rotatable bonds is 3. The van der Waals surface area contributed by atoms with Gasteiger partial charge in [0.15, 0.2) is 0 Å². The second kappa shape index (κ2) is 3.89. The molecular formula is C14H14N2O. The van der Waals surface area contributed by atoms with E-state index in [4.69, 9.17) is 5.26 Å². The molecule has 0 aromatic heterocycles. The van der Waals surface area contributed by atoms with Gasteiger partial charge in [-0.3, -0.25) is 4.79 Å². The summed E-state index contributed by atoms with van der Waals surface area (Å²) in [4.78, 5) is 13.7. The SMILES string of the molecule is N#Cc1ccccc1CCN1CC2CC2C1=O. The van der Waals surface area contributed by atoms with Crippen LogP contribution in [0, 0.1) is 23.2 Å². The molecule has 1 saturated heterocycles. The number of hydrogen-bond donors (Lipinski definition) is 0. The fourth-order valence-corrected chi connectivity index (χ4v) is 2.66. The largest absolute Gasteiger partial charge is 0.342 e. The summed E-state index contributed by atoms with van der Waals surface area (Å²) in [6.45, 7) is 1.68. The molecule has 2 unspecified atom stereocenters. The molecule has 0 spiro atoms. The van der Waals surface area contributed by atoms with Crippen LogP contribution >= 0.6 is 0 Å². The van der Waals surface area contributed by atoms with E-state index in [-0.39, 0.29) is 0 Å². The summed E-state index contributed by atoms with van der Waals surface area (Å²) in [5.41, 5.74) is 1.77. The maximum absolute atomic E-state index is 11.8. The van der Waals surface area contributed by atoms with Gasteiger partial charge in [-0.05, 0) is 30.4 Å². The lowest BCUT2D eigenvalue weighted by molar-refractivity contribution is -0.129. The Morgan fingerprint density at radius 2 is 2.24 bits per heavy atom. The monoisotopic (exact) mass is 226 g/mol. The van der Waals surface area contributed by atoms with E-state index in [2.05, 4.69) is 6.07 Å². The van der Waals surface area contributed by atoms with Crippen molar-refractivity contribution >= 4 is 5.91 Å². The number of nitriles is 1. The van der Waals surface area contributed by atoms with Crippen molar-refractivity contribution in [3.8, 4) is 6.07 Å². The number of fused-ring (bicyclic) bond motifs is 1. The highest BCUT2D eigenvalue weighted by Gasteiger charge is 2.51. The minimum atomic E-state index is 0.324. The zero-order valence-electron chi connectivity index (χ0n) is 9.60. The molecule has 1 aromatic carbocycles. The Morgan fingerprint density at radius 1 is 1.41 bits per heavy atom. The highest BCUT2D eigenvalue weighted by molar-refractivity contribution is 5.84. The lowest BCUT2D eigenvalue weighted by Gasteiger charge is -2.18. The van der Waals surface area contributed by atoms with E-state index in [1.165, 1.54) is 0 Å². The quantitative estimate of drug-likeness (QED) is 0.785. The van der Waals surface area contributed by atoms with Crippen molar-refractivity contribution in [3.05, 3.63) is 35.4 Å². The van der Waals surface area contributed by atoms with Crippen LogP contribution in [0.15, 0.2) is 24.3 Å². The average Bonchev–Trinajstić information content (AvgIpc) is 3.07. The van der Waals surface area contributed by atoms with Gasteiger partial charge in [0, 0.05) is 19.0 Å². The van der Waals surface area contributed by atoms with Crippen LogP contribution in [0.5, 0.6) is 0 Å². The lowest BCUT2D eigenvalue weighted by Crippen LogP contribution is -2.30. The van der Waals surface area contributed by atoms with Crippen molar-refractivity contribution < 1.29 is 4.79 Å². The van der Waals surface area contributed by atoms with Crippen molar-refractivity contribution in [3.63, 3.8) is 0 Å². The van der Waals surface area contributed by atoms with Crippen LogP contribution in [0.25, 0.3) is 0 Å². The first-order chi connectivity index (χ1) is 8.29. The van der Waals surface area contributed by atoms with Gasteiger partial charge >= 0.3 is 0 Å². The number of benzene rings is 1. The molecule has 2 aliphatic rings. The average molecular weight is 226 g/mol. The Kier molecular flexibility index (Phi) is 2.36. The normalized spacial score (nSPS) is 25.6. The summed E-state index contributed by atoms with van der Waals surface area (Å²) >= 11 is 0. The molecule has 2 atom stereocenters. The van der Waals surface area contributed by atoms with Gasteiger partial charge in [-0.25, -0.2) is 0 Å². The maximum atomic E-state index is 11.8. The topological polar surface area (TPSA) is 44.1 Å². The number of likely N-dealkylation sites (tertiary alicyclic amines) is 1. The third-order valence-corrected chi connectivity index (χ3v) is 3.80. The summed E-state index contributed by atoms with van der Waals surface area (Å²) in [7, 11) is 0. The van der Waals surface area contributed by atoms with Crippen LogP contribution in [0.3, 0.4) is 0 Å². The number of piperidine rings is 1. The van der Waals surface area contributed by atoms with Crippen LogP contribution in [-0.4, -0.2) is 23.9 Å². The van der Waals surface area contributed by atoms with E-state index in [1.54, 1.807) is 0 Å². The molecule has 3 heteroatoms. The van der Waals surface area contributed by atoms with Gasteiger partial charge < -0.3 is 4.90 Å². The zero-order chi connectivity index (χ0) is 11.8. The minimum Gasteiger partial charge on any atom is -0.342 e. The third-order valence-electron chi connectivity index (χ3n) is 3.80. The number of carbonyl (C=O) groups is 1. The van der Waals surface area contributed by atoms with Crippen LogP contribution < -0.4 is 0 Å². The standard InChI is InChI=1S/C14H14N2O/c15-8-11-4-2-1-3-10(11)5-6-16-9-12-7-13(12)14(16)17/h1-4,12-13H,5-7,9H2. The highest BCUT2D eigenvalue weighted by atomic mass is 16.2. The summed E-state index contributed by atoms with van der Waals surface area (Å²) < 4.78 is 0. The molecule has 1 amide bonds. The molecule has 1 heterocycles. The van der Waals surface area contributed by atoms with Crippen LogP contribution in [-0.2, 0) is 11.2 Å². The molecule has 0 N–H and O–H groups in total. The summed E-state index contributed by atoms with van der Waals surface area (Å²) in [6, 6.07) is 9.82. The van der Waals surface area contributed by atoms with Crippen molar-refractivity contribution in [2.24, 2.45) is 11.8 Å². The first-order valence-corrected chi connectivity index (χ1v) is 6.06. The van der Waals surface area contributed by atoms with Gasteiger partial charge in [-0.1, -0.05) is 18.2 Å². The number of amides is 1. The molecule has 1 aromatic rings. The predicted octanol–water partition coefficient (Wildman–Crippen LogP) is 1.58. The van der Waals surface area contributed by atoms with Crippen molar-refractivity contribution in [1.82, 2.24) is 4.90 Å². The second-order valence-electron chi connectivity index (χ2n) is 4.91. The Morgan fingerprint density at radius 3 is 2.94 bits per heavy atom. The van der Waals surface area contributed by atoms with Gasteiger partial charge in [-0.2, -0.15) is 5.26 Å². The first kappa shape index (κ1) is 10.3. The Hall–Kier alpha value is -1.82. The molecule has 0 bridgehead atoms. The number of nitrogens with zero attached hydrogens (tertiary/aromatic N) is 2. The van der Waals surface area contributed by atoms with Gasteiger partial charge in [0.2, 0.25) is 5.91 Å². The zero-order valence-corrected chi connectivity index (χ0v) is 9.60. The minimum absolute atomic E-state index is 0.324. The first-order valence-electron chi connectivity index (χ1n) is 6.06. The maximum Gasteiger partial charge on any atom is 0.226 e. The smallest absolute Gasteiger partial charge is 0.226 e. The molecule has 3 rings (SSSR count). The van der Waals surface area contributed by atoms with Gasteiger partial charge in [-0.15, -0.1) is 0 Å². The molecule has 2 fully saturated rings. The van der Waals surface area contributed by atoms with E-state index in [1.807, 2.05) is 29.2 Å². The molecular weight excluding hydrogens is 212 g/mol. The fourth-order valence-electron chi connectivity index (χ4n) is 2.66. The van der Waals surface area contributed by atoms with Crippen molar-refractivity contribution in [1.29, 1.82) is 5.26 Å². The van der Waals surface area contributed by atoms with E-state index in [0.29, 0.717) is 17.7 Å². The highest BCUT2D eigenvalue weighted by Crippen LogP contribution is 2.45. The van der Waals surface area contributed by atoms with E-state index < -0.39 is 0 Å². The van der Waals surface area contributed by atoms with Crippen LogP contribution in [0.4, 0.5) is 0 Å². The Balaban J connectivity index is 1.64. The van der Waals surface area contributed by atoms with E-state index >= 15 is 0 Å². The van der Waals surface area contributed by atoms with E-state index in [0.717, 1.165) is 37.1 Å². The Bertz CT molecular complexity index is 503. The number of hydrogen-bond acceptors (Lipinski definition) is 2. The Labute approximate surface area is 101 Å². The molecule has 3 nitrogen and oxygen atoms in total. The molecule has 1 saturated carbocycles. The predicted molar refractivity (Wildman–Crippen MR) is 63.0 cm³/mol. The summed E-state index contributed by atoms with van der Waals surface area (Å²) in [6.07, 6.45) is 1.89. The van der Waals surface area contributed by atoms with E-state index in [9.17, 15) is 4.79 Å². The van der Waals surface area contributed by atoms with Crippen LogP contribution in [0.1, 0.15) is 17.5 Å². The lowest BCUT2D eigenvalue weighted by atomic mass is 10.1. The second-order valence-corrected chi connectivity index (χ2v) is 4.91. The van der Waals surface area contributed by atoms with Crippen LogP contribution in [0.2, 0.25) is 0 Å². The third kappa shape index (κ3) is 1.80. The molecule has 0 radical (unpaired) electrons. The van der Waals surface area contributed by atoms with Crippen molar-refractivity contribution in [2.75, 3.05) is 13.1 Å². The van der Waals surface area contributed by atoms with Gasteiger partial charge in [0.25, 0.3) is 0 Å². The molecule has 17 heavy (non-hydrogen) atoms. The fraction of sp³-hybridized carbons (Fsp3) is 0.429. The summed E-state index contributed by atoms with van der Waals surface area (Å²) in [5.74, 6) is 1.29. The van der Waals surface area contributed by atoms with Gasteiger partial charge in [0.1, 0.15) is 0 Å². The molecule has 86 valence electrons. The number of carbonyl (C=O) groups excluding carboxylic acids is 1.